The highest BCUT2D eigenvalue weighted by Crippen LogP contribution is 2.49. The van der Waals surface area contributed by atoms with Crippen molar-refractivity contribution in [3.63, 3.8) is 0 Å². The van der Waals surface area contributed by atoms with Crippen LogP contribution in [-0.2, 0) is 22.2 Å². The molecule has 0 amide bonds. The van der Waals surface area contributed by atoms with Crippen LogP contribution < -0.4 is 10.5 Å². The fourth-order valence-corrected chi connectivity index (χ4v) is 5.18. The highest BCUT2D eigenvalue weighted by atomic mass is 16.4. The van der Waals surface area contributed by atoms with Gasteiger partial charge in [0.15, 0.2) is 5.88 Å². The third kappa shape index (κ3) is 4.15. The van der Waals surface area contributed by atoms with Crippen LogP contribution in [0.1, 0.15) is 68.4 Å². The number of aliphatic carboxylic acids is 1. The van der Waals surface area contributed by atoms with Gasteiger partial charge >= 0.3 is 5.97 Å². The molecule has 35 heavy (non-hydrogen) atoms. The lowest BCUT2D eigenvalue weighted by atomic mass is 9.69. The van der Waals surface area contributed by atoms with Crippen LogP contribution in [0.25, 0.3) is 17.0 Å². The number of benzene rings is 1. The number of carbonyl (C=O) groups is 1. The van der Waals surface area contributed by atoms with Crippen LogP contribution in [0.3, 0.4) is 0 Å². The maximum atomic E-state index is 12.9. The van der Waals surface area contributed by atoms with Gasteiger partial charge in [-0.25, -0.2) is 4.85 Å². The predicted molar refractivity (Wildman–Crippen MR) is 137 cm³/mol. The molecule has 7 nitrogen and oxygen atoms in total. The number of anilines is 1. The summed E-state index contributed by atoms with van der Waals surface area (Å²) < 4.78 is 0.707. The summed E-state index contributed by atoms with van der Waals surface area (Å²) in [5.41, 5.74) is 7.77. The third-order valence-corrected chi connectivity index (χ3v) is 7.51. The molecule has 0 spiro atoms. The van der Waals surface area contributed by atoms with Gasteiger partial charge in [-0.15, -0.1) is 5.73 Å². The van der Waals surface area contributed by atoms with E-state index in [4.69, 9.17) is 11.7 Å². The fraction of sp³-hybridized carbons (Fsp3) is 0.429. The van der Waals surface area contributed by atoms with Crippen LogP contribution in [0.5, 0.6) is 5.88 Å². The maximum absolute atomic E-state index is 12.9. The Morgan fingerprint density at radius 3 is 2.23 bits per heavy atom. The quantitative estimate of drug-likeness (QED) is 0.482. The summed E-state index contributed by atoms with van der Waals surface area (Å²) in [4.78, 5) is 29.9. The molecule has 3 heterocycles. The Labute approximate surface area is 205 Å². The topological polar surface area (TPSA) is 87.1 Å². The van der Waals surface area contributed by atoms with Crippen molar-refractivity contribution in [1.82, 2.24) is 4.57 Å². The second kappa shape index (κ2) is 8.48. The Morgan fingerprint density at radius 2 is 1.71 bits per heavy atom. The average molecular weight is 474 g/mol. The molecule has 1 aromatic heterocycles. The number of carboxylic acid groups (broad SMARTS) is 1. The second-order valence-corrected chi connectivity index (χ2v) is 10.8. The van der Waals surface area contributed by atoms with Gasteiger partial charge in [-0.2, -0.15) is 0 Å². The number of pyridine rings is 1. The van der Waals surface area contributed by atoms with E-state index in [1.165, 1.54) is 22.9 Å². The Bertz CT molecular complexity index is 1360. The minimum atomic E-state index is -1.28. The molecule has 182 valence electrons. The van der Waals surface area contributed by atoms with E-state index in [1.54, 1.807) is 6.92 Å². The summed E-state index contributed by atoms with van der Waals surface area (Å²) in [5, 5.41) is 19.4. The Hall–Kier alpha value is -3.75. The Morgan fingerprint density at radius 1 is 1.14 bits per heavy atom. The Balaban J connectivity index is 1.86. The van der Waals surface area contributed by atoms with Gasteiger partial charge in [-0.3, -0.25) is 14.2 Å². The number of hydrogen-bond acceptors (Lipinski definition) is 4. The molecule has 1 aromatic carbocycles. The number of nitrogens with zero attached hydrogens (tertiary/aromatic N) is 3. The van der Waals surface area contributed by atoms with Crippen LogP contribution in [0, 0.1) is 13.5 Å². The molecule has 2 aromatic rings. The molecule has 0 unspecified atom stereocenters. The van der Waals surface area contributed by atoms with Crippen molar-refractivity contribution in [2.24, 2.45) is 0 Å². The smallest absolute Gasteiger partial charge is 0.323 e. The summed E-state index contributed by atoms with van der Waals surface area (Å²) in [5.74, 6) is -1.91. The zero-order chi connectivity index (χ0) is 25.7. The number of rotatable bonds is 4. The molecule has 0 atom stereocenters. The molecule has 2 aliphatic heterocycles. The standard InChI is InChI=1S/C28H31N3O4/c1-17-19(25(34)31(16-22(32)33)26(35)23(17)29-6)9-7-8-18-14-20-24-21(15-18)28(4,5)11-13-30(24)12-10-27(20,2)3/h8-9,14-15,35H,10-13,16H2,1-5H3,(H,32,33). The van der Waals surface area contributed by atoms with Crippen molar-refractivity contribution < 1.29 is 15.0 Å². The molecule has 2 N–H and O–H groups in total. The molecule has 0 saturated carbocycles. The summed E-state index contributed by atoms with van der Waals surface area (Å²) in [6.45, 7) is 19.4. The maximum Gasteiger partial charge on any atom is 0.323 e. The van der Waals surface area contributed by atoms with Crippen molar-refractivity contribution in [3.8, 4) is 5.88 Å². The van der Waals surface area contributed by atoms with Crippen molar-refractivity contribution in [2.75, 3.05) is 18.0 Å². The predicted octanol–water partition coefficient (Wildman–Crippen LogP) is 4.99. The van der Waals surface area contributed by atoms with Gasteiger partial charge in [-0.05, 0) is 77.1 Å². The van der Waals surface area contributed by atoms with Crippen molar-refractivity contribution in [1.29, 1.82) is 0 Å². The highest BCUT2D eigenvalue weighted by Gasteiger charge is 2.39. The van der Waals surface area contributed by atoms with Crippen molar-refractivity contribution in [2.45, 2.75) is 64.8 Å². The number of aromatic nitrogens is 1. The zero-order valence-corrected chi connectivity index (χ0v) is 20.9. The van der Waals surface area contributed by atoms with E-state index in [2.05, 4.69) is 55.3 Å². The molecule has 0 aliphatic carbocycles. The van der Waals surface area contributed by atoms with Crippen LogP contribution in [0.4, 0.5) is 11.4 Å². The van der Waals surface area contributed by atoms with Crippen LogP contribution in [0.15, 0.2) is 22.7 Å². The van der Waals surface area contributed by atoms with Gasteiger partial charge in [0.05, 0.1) is 6.57 Å². The number of carboxylic acids is 1. The lowest BCUT2D eigenvalue weighted by Crippen LogP contribution is -2.44. The van der Waals surface area contributed by atoms with E-state index in [0.717, 1.165) is 31.5 Å². The van der Waals surface area contributed by atoms with Gasteiger partial charge in [0.1, 0.15) is 6.54 Å². The molecule has 0 bridgehead atoms. The van der Waals surface area contributed by atoms with Crippen molar-refractivity contribution in [3.05, 3.63) is 67.5 Å². The van der Waals surface area contributed by atoms with E-state index in [1.807, 2.05) is 6.08 Å². The summed E-state index contributed by atoms with van der Waals surface area (Å²) in [7, 11) is 0. The van der Waals surface area contributed by atoms with Gasteiger partial charge < -0.3 is 15.1 Å². The first-order chi connectivity index (χ1) is 16.4. The monoisotopic (exact) mass is 473 g/mol. The van der Waals surface area contributed by atoms with E-state index in [-0.39, 0.29) is 22.1 Å². The normalized spacial score (nSPS) is 17.1. The largest absolute Gasteiger partial charge is 0.503 e. The molecular formula is C28H31N3O4. The summed E-state index contributed by atoms with van der Waals surface area (Å²) in [6, 6.07) is 4.40. The number of hydrogen-bond donors (Lipinski definition) is 2. The Kier molecular flexibility index (Phi) is 5.91. The first-order valence-electron chi connectivity index (χ1n) is 11.8. The van der Waals surface area contributed by atoms with Crippen LogP contribution in [-0.4, -0.2) is 33.8 Å². The van der Waals surface area contributed by atoms with E-state index in [0.29, 0.717) is 10.1 Å². The molecule has 2 aliphatic rings. The van der Waals surface area contributed by atoms with Gasteiger partial charge in [0.25, 0.3) is 5.56 Å². The fourth-order valence-electron chi connectivity index (χ4n) is 5.18. The molecule has 0 fully saturated rings. The third-order valence-electron chi connectivity index (χ3n) is 7.51. The molecule has 0 radical (unpaired) electrons. The SMILES string of the molecule is [C-]#[N+]c1c(C)c(C=C=Cc2cc3c4c(c2)C(C)(C)CCN4CCC3(C)C)c(=O)n(CC(=O)O)c1O. The van der Waals surface area contributed by atoms with Gasteiger partial charge in [-0.1, -0.05) is 27.7 Å². The molecule has 4 rings (SSSR count). The lowest BCUT2D eigenvalue weighted by molar-refractivity contribution is -0.137. The van der Waals surface area contributed by atoms with E-state index < -0.39 is 24.0 Å². The first-order valence-corrected chi connectivity index (χ1v) is 11.8. The van der Waals surface area contributed by atoms with E-state index >= 15 is 0 Å². The van der Waals surface area contributed by atoms with Gasteiger partial charge in [0.2, 0.25) is 5.69 Å². The van der Waals surface area contributed by atoms with E-state index in [9.17, 15) is 14.7 Å². The van der Waals surface area contributed by atoms with Gasteiger partial charge in [0, 0.05) is 24.3 Å². The summed E-state index contributed by atoms with van der Waals surface area (Å²) >= 11 is 0. The van der Waals surface area contributed by atoms with Crippen molar-refractivity contribution >= 4 is 29.5 Å². The summed E-state index contributed by atoms with van der Waals surface area (Å²) in [6.07, 6.45) is 5.45. The molecular weight excluding hydrogens is 442 g/mol. The average Bonchev–Trinajstić information content (AvgIpc) is 2.78. The number of aromatic hydroxyl groups is 1. The first kappa shape index (κ1) is 24.4. The van der Waals surface area contributed by atoms with Crippen LogP contribution >= 0.6 is 0 Å². The van der Waals surface area contributed by atoms with Crippen LogP contribution in [0.2, 0.25) is 0 Å². The lowest BCUT2D eigenvalue weighted by Gasteiger charge is -2.48. The second-order valence-electron chi connectivity index (χ2n) is 10.8. The molecule has 0 saturated heterocycles. The minimum absolute atomic E-state index is 0.0458. The highest BCUT2D eigenvalue weighted by molar-refractivity contribution is 5.74. The molecule has 7 heteroatoms. The zero-order valence-electron chi connectivity index (χ0n) is 20.9. The minimum Gasteiger partial charge on any atom is -0.503 e.